The number of halogens is 1. The third-order valence-electron chi connectivity index (χ3n) is 1.92. The molecule has 0 aliphatic carbocycles. The van der Waals surface area contributed by atoms with Gasteiger partial charge in [0.05, 0.1) is 5.39 Å². The number of nitrogens with zero attached hydrogens (tertiary/aromatic N) is 3. The molecule has 2 rings (SSSR count). The molecule has 1 atom stereocenters. The van der Waals surface area contributed by atoms with Crippen LogP contribution in [0.25, 0.3) is 11.0 Å². The van der Waals surface area contributed by atoms with E-state index in [0.29, 0.717) is 5.82 Å². The molecule has 0 spiro atoms. The molecule has 0 saturated heterocycles. The number of fused-ring (bicyclic) bond motifs is 1. The minimum absolute atomic E-state index is 0.133. The highest BCUT2D eigenvalue weighted by molar-refractivity contribution is 6.19. The molecule has 0 radical (unpaired) electrons. The van der Waals surface area contributed by atoms with Crippen molar-refractivity contribution in [2.45, 2.75) is 12.4 Å². The van der Waals surface area contributed by atoms with Crippen molar-refractivity contribution in [3.63, 3.8) is 0 Å². The summed E-state index contributed by atoms with van der Waals surface area (Å²) in [6.45, 7) is 1.87. The zero-order valence-electron chi connectivity index (χ0n) is 7.11. The maximum absolute atomic E-state index is 5.94. The molecule has 0 fully saturated rings. The Morgan fingerprint density at radius 1 is 1.54 bits per heavy atom. The Labute approximate surface area is 80.3 Å². The first-order chi connectivity index (χ1) is 6.20. The summed E-state index contributed by atoms with van der Waals surface area (Å²) in [4.78, 5) is 8.00. The number of alkyl halides is 1. The second kappa shape index (κ2) is 2.88. The van der Waals surface area contributed by atoms with Crippen molar-refractivity contribution >= 4 is 28.5 Å². The van der Waals surface area contributed by atoms with Gasteiger partial charge in [-0.3, -0.25) is 0 Å². The van der Waals surface area contributed by atoms with Crippen molar-refractivity contribution in [2.75, 3.05) is 5.73 Å². The van der Waals surface area contributed by atoms with Gasteiger partial charge >= 0.3 is 0 Å². The first kappa shape index (κ1) is 8.31. The molecule has 2 N–H and O–H groups in total. The summed E-state index contributed by atoms with van der Waals surface area (Å²) in [7, 11) is 0. The van der Waals surface area contributed by atoms with Crippen LogP contribution in [0.2, 0.25) is 0 Å². The van der Waals surface area contributed by atoms with Gasteiger partial charge < -0.3 is 10.3 Å². The molecule has 2 aromatic heterocycles. The van der Waals surface area contributed by atoms with E-state index in [1.807, 2.05) is 23.8 Å². The Balaban J connectivity index is 2.75. The van der Waals surface area contributed by atoms with Gasteiger partial charge in [-0.25, -0.2) is 9.97 Å². The molecular weight excluding hydrogens is 188 g/mol. The summed E-state index contributed by atoms with van der Waals surface area (Å²) in [5, 5.41) is 0.843. The molecule has 4 nitrogen and oxygen atoms in total. The van der Waals surface area contributed by atoms with Crippen LogP contribution in [0.15, 0.2) is 18.6 Å². The fraction of sp³-hybridized carbons (Fsp3) is 0.250. The summed E-state index contributed by atoms with van der Waals surface area (Å²) in [5.41, 5.74) is 6.30. The third kappa shape index (κ3) is 1.23. The number of rotatable bonds is 1. The Bertz CT molecular complexity index is 435. The SMILES string of the molecule is CC(Cl)n1ccc2c(N)ncnc21. The molecule has 0 aromatic carbocycles. The number of nitrogen functional groups attached to an aromatic ring is 1. The Morgan fingerprint density at radius 3 is 3.00 bits per heavy atom. The first-order valence-electron chi connectivity index (χ1n) is 3.91. The molecule has 2 heterocycles. The van der Waals surface area contributed by atoms with E-state index in [4.69, 9.17) is 17.3 Å². The summed E-state index contributed by atoms with van der Waals surface area (Å²) in [5.74, 6) is 0.487. The van der Waals surface area contributed by atoms with Gasteiger partial charge in [0.1, 0.15) is 23.3 Å². The minimum Gasteiger partial charge on any atom is -0.383 e. The highest BCUT2D eigenvalue weighted by Crippen LogP contribution is 2.22. The second-order valence-corrected chi connectivity index (χ2v) is 3.42. The fourth-order valence-corrected chi connectivity index (χ4v) is 1.44. The molecule has 0 aliphatic rings. The van der Waals surface area contributed by atoms with Gasteiger partial charge in [-0.05, 0) is 13.0 Å². The first-order valence-corrected chi connectivity index (χ1v) is 4.35. The minimum atomic E-state index is -0.133. The quantitative estimate of drug-likeness (QED) is 0.708. The predicted octanol–water partition coefficient (Wildman–Crippen LogP) is 1.77. The summed E-state index contributed by atoms with van der Waals surface area (Å²) >= 11 is 5.94. The van der Waals surface area contributed by atoms with Crippen molar-refractivity contribution < 1.29 is 0 Å². The van der Waals surface area contributed by atoms with Crippen LogP contribution >= 0.6 is 11.6 Å². The molecule has 1 unspecified atom stereocenters. The number of nitrogens with two attached hydrogens (primary N) is 1. The highest BCUT2D eigenvalue weighted by Gasteiger charge is 2.08. The van der Waals surface area contributed by atoms with Crippen molar-refractivity contribution in [1.29, 1.82) is 0 Å². The Kier molecular flexibility index (Phi) is 1.84. The molecule has 5 heteroatoms. The molecule has 68 valence electrons. The lowest BCUT2D eigenvalue weighted by atomic mass is 10.4. The zero-order chi connectivity index (χ0) is 9.42. The number of hydrogen-bond acceptors (Lipinski definition) is 3. The van der Waals surface area contributed by atoms with Crippen LogP contribution in [0.3, 0.4) is 0 Å². The maximum Gasteiger partial charge on any atom is 0.146 e. The normalized spacial score (nSPS) is 13.4. The van der Waals surface area contributed by atoms with Gasteiger partial charge in [0.2, 0.25) is 0 Å². The molecule has 0 aliphatic heterocycles. The monoisotopic (exact) mass is 196 g/mol. The van der Waals surface area contributed by atoms with E-state index in [2.05, 4.69) is 9.97 Å². The van der Waals surface area contributed by atoms with Gasteiger partial charge in [0.15, 0.2) is 0 Å². The van der Waals surface area contributed by atoms with Gasteiger partial charge in [-0.2, -0.15) is 0 Å². The summed E-state index contributed by atoms with van der Waals surface area (Å²) in [6.07, 6.45) is 3.29. The van der Waals surface area contributed by atoms with Crippen LogP contribution < -0.4 is 5.73 Å². The number of aromatic nitrogens is 3. The average Bonchev–Trinajstić information content (AvgIpc) is 2.48. The average molecular weight is 197 g/mol. The molecule has 0 saturated carbocycles. The zero-order valence-corrected chi connectivity index (χ0v) is 7.86. The van der Waals surface area contributed by atoms with Gasteiger partial charge in [0.25, 0.3) is 0 Å². The number of hydrogen-bond donors (Lipinski definition) is 1. The van der Waals surface area contributed by atoms with E-state index in [1.165, 1.54) is 6.33 Å². The van der Waals surface area contributed by atoms with Gasteiger partial charge in [-0.1, -0.05) is 11.6 Å². The Morgan fingerprint density at radius 2 is 2.31 bits per heavy atom. The third-order valence-corrected chi connectivity index (χ3v) is 2.13. The topological polar surface area (TPSA) is 56.7 Å². The molecular formula is C8H9ClN4. The molecule has 13 heavy (non-hydrogen) atoms. The van der Waals surface area contributed by atoms with Crippen LogP contribution in [-0.4, -0.2) is 14.5 Å². The van der Waals surface area contributed by atoms with Gasteiger partial charge in [0, 0.05) is 6.20 Å². The van der Waals surface area contributed by atoms with Crippen molar-refractivity contribution in [3.8, 4) is 0 Å². The van der Waals surface area contributed by atoms with E-state index in [0.717, 1.165) is 11.0 Å². The lowest BCUT2D eigenvalue weighted by molar-refractivity contribution is 0.751. The van der Waals surface area contributed by atoms with Crippen LogP contribution in [0.1, 0.15) is 12.4 Å². The molecule has 0 amide bonds. The molecule has 0 bridgehead atoms. The van der Waals surface area contributed by atoms with Crippen molar-refractivity contribution in [2.24, 2.45) is 0 Å². The van der Waals surface area contributed by atoms with Crippen molar-refractivity contribution in [1.82, 2.24) is 14.5 Å². The van der Waals surface area contributed by atoms with Gasteiger partial charge in [-0.15, -0.1) is 0 Å². The van der Waals surface area contributed by atoms with Crippen LogP contribution in [0.4, 0.5) is 5.82 Å². The lowest BCUT2D eigenvalue weighted by Gasteiger charge is -2.05. The van der Waals surface area contributed by atoms with E-state index in [1.54, 1.807) is 0 Å². The van der Waals surface area contributed by atoms with E-state index >= 15 is 0 Å². The van der Waals surface area contributed by atoms with Crippen LogP contribution in [0, 0.1) is 0 Å². The fourth-order valence-electron chi connectivity index (χ4n) is 1.28. The lowest BCUT2D eigenvalue weighted by Crippen LogP contribution is -1.99. The smallest absolute Gasteiger partial charge is 0.146 e. The predicted molar refractivity (Wildman–Crippen MR) is 52.5 cm³/mol. The number of anilines is 1. The van der Waals surface area contributed by atoms with Crippen LogP contribution in [0.5, 0.6) is 0 Å². The summed E-state index contributed by atoms with van der Waals surface area (Å²) in [6, 6.07) is 1.86. The van der Waals surface area contributed by atoms with E-state index in [-0.39, 0.29) is 5.50 Å². The summed E-state index contributed by atoms with van der Waals surface area (Å²) < 4.78 is 1.84. The molecule has 2 aromatic rings. The highest BCUT2D eigenvalue weighted by atomic mass is 35.5. The standard InChI is InChI=1S/C8H9ClN4/c1-5(9)13-3-2-6-7(10)11-4-12-8(6)13/h2-5H,1H3,(H2,10,11,12). The maximum atomic E-state index is 5.94. The van der Waals surface area contributed by atoms with Crippen LogP contribution in [-0.2, 0) is 0 Å². The Hall–Kier alpha value is -1.29. The van der Waals surface area contributed by atoms with E-state index < -0.39 is 0 Å². The van der Waals surface area contributed by atoms with Crippen molar-refractivity contribution in [3.05, 3.63) is 18.6 Å². The second-order valence-electron chi connectivity index (χ2n) is 2.79. The largest absolute Gasteiger partial charge is 0.383 e. The van der Waals surface area contributed by atoms with E-state index in [9.17, 15) is 0 Å².